The Morgan fingerprint density at radius 1 is 0.965 bits per heavy atom. The van der Waals surface area contributed by atoms with Crippen molar-refractivity contribution < 1.29 is 32.4 Å². The second-order valence-electron chi connectivity index (χ2n) is 15.7. The number of nitrogens with zero attached hydrogens (tertiary/aromatic N) is 5. The van der Waals surface area contributed by atoms with Gasteiger partial charge in [-0.05, 0) is 85.7 Å². The topological polar surface area (TPSA) is 188 Å². The Bertz CT molecular complexity index is 2510. The van der Waals surface area contributed by atoms with Crippen LogP contribution in [-0.4, -0.2) is 74.0 Å². The lowest BCUT2D eigenvalue weighted by atomic mass is 9.83. The maximum absolute atomic E-state index is 13.3. The SMILES string of the molecule is C.CCC1=CC(C)(C)[N+](C)=c2cc3c(cc21)=C(c1ccc(C(=O)NCCCCCCN=[N+]=[N-])cc1C(=O)O)c1cc2c(cc1O3)N(C)C(C)(C)C=C2CS(=O)(=O)[O-]. The molecule has 3 heterocycles. The second-order valence-corrected chi connectivity index (χ2v) is 17.1. The number of fused-ring (bicyclic) bond motifs is 4. The van der Waals surface area contributed by atoms with Gasteiger partial charge in [0.1, 0.15) is 18.5 Å². The number of hydrogen-bond acceptors (Lipinski definition) is 8. The van der Waals surface area contributed by atoms with E-state index in [9.17, 15) is 27.7 Å². The number of unbranched alkanes of at least 4 members (excludes halogenated alkanes) is 3. The summed E-state index contributed by atoms with van der Waals surface area (Å²) in [6.07, 6.45) is 7.92. The summed E-state index contributed by atoms with van der Waals surface area (Å²) in [7, 11) is -0.755. The number of allylic oxidation sites excluding steroid dienone is 1. The molecule has 1 amide bonds. The number of ether oxygens (including phenoxy) is 1. The summed E-state index contributed by atoms with van der Waals surface area (Å²) in [6, 6.07) is 12.2. The summed E-state index contributed by atoms with van der Waals surface area (Å²) < 4.78 is 45.5. The molecule has 3 aliphatic heterocycles. The third-order valence-corrected chi connectivity index (χ3v) is 11.8. The second kappa shape index (κ2) is 16.2. The van der Waals surface area contributed by atoms with E-state index in [1.54, 1.807) is 24.3 Å². The van der Waals surface area contributed by atoms with Crippen molar-refractivity contribution in [3.63, 3.8) is 0 Å². The van der Waals surface area contributed by atoms with Crippen LogP contribution in [0.25, 0.3) is 27.2 Å². The Morgan fingerprint density at radius 2 is 1.68 bits per heavy atom. The number of rotatable bonds is 13. The van der Waals surface area contributed by atoms with Gasteiger partial charge in [-0.1, -0.05) is 44.4 Å². The highest BCUT2D eigenvalue weighted by molar-refractivity contribution is 7.86. The number of anilines is 1. The molecule has 0 fully saturated rings. The van der Waals surface area contributed by atoms with Gasteiger partial charge in [0, 0.05) is 83.7 Å². The summed E-state index contributed by atoms with van der Waals surface area (Å²) in [5.74, 6) is -1.41. The van der Waals surface area contributed by atoms with Crippen molar-refractivity contribution in [2.45, 2.75) is 85.2 Å². The number of azide groups is 1. The largest absolute Gasteiger partial charge is 0.748 e. The van der Waals surface area contributed by atoms with Crippen LogP contribution in [0.5, 0.6) is 11.5 Å². The average Bonchev–Trinajstić information content (AvgIpc) is 3.13. The molecule has 6 rings (SSSR count). The van der Waals surface area contributed by atoms with Crippen molar-refractivity contribution in [3.8, 4) is 11.5 Å². The normalized spacial score (nSPS) is 16.0. The van der Waals surface area contributed by atoms with Crippen LogP contribution >= 0.6 is 0 Å². The molecule has 0 bridgehead atoms. The zero-order valence-corrected chi connectivity index (χ0v) is 33.7. The Hall–Kier alpha value is -5.43. The van der Waals surface area contributed by atoms with Crippen LogP contribution in [-0.2, 0) is 10.1 Å². The van der Waals surface area contributed by atoms with Gasteiger partial charge >= 0.3 is 5.97 Å². The van der Waals surface area contributed by atoms with Gasteiger partial charge in [-0.2, -0.15) is 0 Å². The molecule has 2 N–H and O–H groups in total. The quantitative estimate of drug-likeness (QED) is 0.0368. The van der Waals surface area contributed by atoms with Gasteiger partial charge in [-0.15, -0.1) is 0 Å². The first-order valence-electron chi connectivity index (χ1n) is 18.8. The molecule has 0 aliphatic carbocycles. The van der Waals surface area contributed by atoms with E-state index in [-0.39, 0.29) is 24.1 Å². The molecule has 14 heteroatoms. The van der Waals surface area contributed by atoms with Crippen LogP contribution in [0.15, 0.2) is 59.7 Å². The maximum atomic E-state index is 13.3. The average molecular weight is 797 g/mol. The molecule has 57 heavy (non-hydrogen) atoms. The first-order chi connectivity index (χ1) is 26.4. The summed E-state index contributed by atoms with van der Waals surface area (Å²) in [5.41, 5.74) is 12.6. The van der Waals surface area contributed by atoms with E-state index in [0.29, 0.717) is 69.8 Å². The minimum absolute atomic E-state index is 0. The van der Waals surface area contributed by atoms with Gasteiger partial charge in [-0.3, -0.25) is 4.79 Å². The number of carboxylic acid groups (broad SMARTS) is 1. The number of likely N-dealkylation sites (N-methyl/N-ethyl adjacent to an activating group) is 2. The fourth-order valence-electron chi connectivity index (χ4n) is 7.84. The standard InChI is InChI=1S/C42H48N6O7S.CH4/c1-8-25-22-41(2,3)47(6)34-20-36-32(18-29(25)34)38(28-14-13-26(17-31(28)40(50)51)39(49)44-15-11-9-10-12-16-45-46-43)33-19-30-27(24-56(52,53)54)23-42(4,5)48(7)35(30)21-37(33)55-36;/h13-14,17-23H,8-12,15-16,24H2,1-7H3,(H2-,44,49,50,51,52,53,54);1H4. The molecule has 3 aliphatic rings. The van der Waals surface area contributed by atoms with E-state index in [4.69, 9.17) is 10.3 Å². The number of carbonyl (C=O) groups is 2. The van der Waals surface area contributed by atoms with E-state index in [1.165, 1.54) is 6.07 Å². The zero-order valence-electron chi connectivity index (χ0n) is 32.9. The molecule has 0 saturated heterocycles. The number of carboxylic acids is 1. The number of benzene rings is 3. The minimum atomic E-state index is -4.67. The van der Waals surface area contributed by atoms with Crippen molar-refractivity contribution in [1.29, 1.82) is 0 Å². The Labute approximate surface area is 334 Å². The van der Waals surface area contributed by atoms with Crippen LogP contribution in [0.2, 0.25) is 0 Å². The van der Waals surface area contributed by atoms with Gasteiger partial charge in [0.15, 0.2) is 5.54 Å². The van der Waals surface area contributed by atoms with Crippen molar-refractivity contribution in [1.82, 2.24) is 9.89 Å². The number of aromatic carboxylic acids is 1. The molecule has 0 aromatic heterocycles. The number of nitrogens with one attached hydrogen (secondary N) is 1. The summed E-state index contributed by atoms with van der Waals surface area (Å²) >= 11 is 0. The maximum Gasteiger partial charge on any atom is 0.336 e. The summed E-state index contributed by atoms with van der Waals surface area (Å²) in [6.45, 7) is 11.0. The lowest BCUT2D eigenvalue weighted by Gasteiger charge is -2.42. The third-order valence-electron chi connectivity index (χ3n) is 11.2. The summed E-state index contributed by atoms with van der Waals surface area (Å²) in [4.78, 5) is 31.2. The van der Waals surface area contributed by atoms with E-state index in [0.717, 1.165) is 42.2 Å². The fraction of sp³-hybridized carbons (Fsp3) is 0.419. The Kier molecular flexibility index (Phi) is 12.1. The van der Waals surface area contributed by atoms with E-state index in [2.05, 4.69) is 46.8 Å². The van der Waals surface area contributed by atoms with Crippen molar-refractivity contribution in [3.05, 3.63) is 109 Å². The number of hydrogen-bond donors (Lipinski definition) is 2. The van der Waals surface area contributed by atoms with Crippen LogP contribution in [0.4, 0.5) is 5.69 Å². The van der Waals surface area contributed by atoms with E-state index in [1.807, 2.05) is 51.0 Å². The smallest absolute Gasteiger partial charge is 0.336 e. The molecule has 0 saturated carbocycles. The predicted molar refractivity (Wildman–Crippen MR) is 223 cm³/mol. The lowest BCUT2D eigenvalue weighted by Crippen LogP contribution is -2.47. The van der Waals surface area contributed by atoms with E-state index >= 15 is 0 Å². The van der Waals surface area contributed by atoms with Gasteiger partial charge in [0.05, 0.1) is 33.0 Å². The van der Waals surface area contributed by atoms with Gasteiger partial charge in [0.2, 0.25) is 5.36 Å². The molecular weight excluding hydrogens is 745 g/mol. The Morgan fingerprint density at radius 3 is 2.35 bits per heavy atom. The van der Waals surface area contributed by atoms with Gasteiger partial charge in [-0.25, -0.2) is 17.8 Å². The zero-order chi connectivity index (χ0) is 40.7. The molecule has 0 unspecified atom stereocenters. The van der Waals surface area contributed by atoms with Crippen LogP contribution in [0.3, 0.4) is 0 Å². The highest BCUT2D eigenvalue weighted by atomic mass is 32.2. The third kappa shape index (κ3) is 8.49. The highest BCUT2D eigenvalue weighted by Crippen LogP contribution is 2.46. The molecule has 3 aromatic rings. The van der Waals surface area contributed by atoms with E-state index < -0.39 is 33.3 Å². The van der Waals surface area contributed by atoms with Crippen molar-refractivity contribution >= 4 is 44.4 Å². The Balaban J connectivity index is 0.00000620. The molecule has 0 radical (unpaired) electrons. The van der Waals surface area contributed by atoms with Crippen LogP contribution < -0.4 is 30.1 Å². The molecular formula is C43H52N6O7S. The number of carbonyl (C=O) groups excluding carboxylic acids is 1. The molecule has 0 atom stereocenters. The van der Waals surface area contributed by atoms with Gasteiger partial charge in [0.25, 0.3) is 5.91 Å². The first-order valence-corrected chi connectivity index (χ1v) is 20.4. The molecule has 0 spiro atoms. The predicted octanol–water partition coefficient (Wildman–Crippen LogP) is 6.84. The fourth-order valence-corrected chi connectivity index (χ4v) is 8.46. The molecule has 13 nitrogen and oxygen atoms in total. The minimum Gasteiger partial charge on any atom is -0.748 e. The summed E-state index contributed by atoms with van der Waals surface area (Å²) in [5, 5.41) is 18.7. The lowest BCUT2D eigenvalue weighted by molar-refractivity contribution is 0.0696. The van der Waals surface area contributed by atoms with Crippen molar-refractivity contribution in [2.24, 2.45) is 5.11 Å². The van der Waals surface area contributed by atoms with Crippen LogP contribution in [0, 0.1) is 0 Å². The monoisotopic (exact) mass is 796 g/mol. The van der Waals surface area contributed by atoms with Gasteiger partial charge < -0.3 is 24.6 Å². The van der Waals surface area contributed by atoms with Crippen molar-refractivity contribution in [2.75, 3.05) is 37.8 Å². The first kappa shape index (κ1) is 42.7. The number of amides is 1. The highest BCUT2D eigenvalue weighted by Gasteiger charge is 2.36. The van der Waals surface area contributed by atoms with Crippen LogP contribution in [0.1, 0.15) is 117 Å². The molecule has 302 valence electrons. The molecule has 3 aromatic carbocycles.